The van der Waals surface area contributed by atoms with E-state index in [1.165, 1.54) is 48.8 Å². The molecule has 2 atom stereocenters. The van der Waals surface area contributed by atoms with Gasteiger partial charge in [0.05, 0.1) is 0 Å². The summed E-state index contributed by atoms with van der Waals surface area (Å²) in [6.07, 6.45) is 9.02. The van der Waals surface area contributed by atoms with E-state index < -0.39 is 0 Å². The van der Waals surface area contributed by atoms with Gasteiger partial charge in [0.25, 0.3) is 0 Å². The summed E-state index contributed by atoms with van der Waals surface area (Å²) in [7, 11) is 0. The summed E-state index contributed by atoms with van der Waals surface area (Å²) in [5.41, 5.74) is 9.80. The summed E-state index contributed by atoms with van der Waals surface area (Å²) in [5.74, 6) is 0. The highest BCUT2D eigenvalue weighted by atomic mass is 15.2. The number of hydrogen-bond acceptors (Lipinski definition) is 1. The van der Waals surface area contributed by atoms with E-state index in [0.29, 0.717) is 17.5 Å². The Morgan fingerprint density at radius 1 is 0.900 bits per heavy atom. The van der Waals surface area contributed by atoms with Gasteiger partial charge in [0.15, 0.2) is 0 Å². The molecular weight excluding hydrogens is 362 g/mol. The fourth-order valence-electron chi connectivity index (χ4n) is 6.23. The van der Waals surface area contributed by atoms with Crippen LogP contribution >= 0.6 is 0 Å². The summed E-state index contributed by atoms with van der Waals surface area (Å²) in [6, 6.07) is 17.4. The van der Waals surface area contributed by atoms with Crippen LogP contribution in [0.3, 0.4) is 0 Å². The number of hydrogen-bond donors (Lipinski definition) is 0. The summed E-state index contributed by atoms with van der Waals surface area (Å²) in [5, 5.41) is 0. The first-order chi connectivity index (χ1) is 14.2. The van der Waals surface area contributed by atoms with E-state index in [9.17, 15) is 0 Å². The minimum absolute atomic E-state index is 0.279. The van der Waals surface area contributed by atoms with Gasteiger partial charge in [-0.2, -0.15) is 0 Å². The van der Waals surface area contributed by atoms with Crippen molar-refractivity contribution in [3.05, 3.63) is 76.4 Å². The van der Waals surface area contributed by atoms with E-state index in [2.05, 4.69) is 88.1 Å². The first-order valence-electron chi connectivity index (χ1n) is 11.9. The van der Waals surface area contributed by atoms with Crippen molar-refractivity contribution in [1.82, 2.24) is 4.90 Å². The Kier molecular flexibility index (Phi) is 4.74. The molecule has 0 amide bonds. The molecule has 0 N–H and O–H groups in total. The Hall–Kier alpha value is -1.86. The van der Waals surface area contributed by atoms with Gasteiger partial charge in [-0.1, -0.05) is 76.2 Å². The van der Waals surface area contributed by atoms with Crippen LogP contribution in [0.5, 0.6) is 0 Å². The number of rotatable bonds is 3. The van der Waals surface area contributed by atoms with Crippen LogP contribution in [-0.4, -0.2) is 17.0 Å². The molecule has 2 heterocycles. The normalized spacial score (nSPS) is 26.9. The molecule has 2 bridgehead atoms. The lowest BCUT2D eigenvalue weighted by Gasteiger charge is -2.43. The molecule has 158 valence electrons. The molecule has 2 aliphatic heterocycles. The smallest absolute Gasteiger partial charge is 0.0291 e. The maximum atomic E-state index is 2.75. The largest absolute Gasteiger partial charge is 0.289 e. The molecular formula is C29H37N. The fourth-order valence-corrected chi connectivity index (χ4v) is 6.23. The molecule has 1 fully saturated rings. The van der Waals surface area contributed by atoms with Crippen LogP contribution in [-0.2, 0) is 17.4 Å². The van der Waals surface area contributed by atoms with E-state index >= 15 is 0 Å². The number of nitrogens with zero attached hydrogens (tertiary/aromatic N) is 1. The molecule has 0 spiro atoms. The molecule has 2 aromatic rings. The highest BCUT2D eigenvalue weighted by Crippen LogP contribution is 2.48. The maximum absolute atomic E-state index is 2.75. The van der Waals surface area contributed by atoms with Crippen LogP contribution in [0.4, 0.5) is 0 Å². The quantitative estimate of drug-likeness (QED) is 0.529. The fraction of sp³-hybridized carbons (Fsp3) is 0.517. The lowest BCUT2D eigenvalue weighted by Crippen LogP contribution is -2.38. The molecule has 30 heavy (non-hydrogen) atoms. The summed E-state index contributed by atoms with van der Waals surface area (Å²) in [6.45, 7) is 13.2. The van der Waals surface area contributed by atoms with Gasteiger partial charge in [0.2, 0.25) is 0 Å². The zero-order valence-corrected chi connectivity index (χ0v) is 19.5. The van der Waals surface area contributed by atoms with E-state index in [4.69, 9.17) is 0 Å². The number of fused-ring (bicyclic) bond motifs is 3. The van der Waals surface area contributed by atoms with Crippen molar-refractivity contribution in [2.45, 2.75) is 96.2 Å². The van der Waals surface area contributed by atoms with E-state index in [1.54, 1.807) is 16.7 Å². The van der Waals surface area contributed by atoms with Crippen molar-refractivity contribution in [3.8, 4) is 0 Å². The first kappa shape index (κ1) is 20.1. The van der Waals surface area contributed by atoms with Crippen LogP contribution < -0.4 is 0 Å². The molecule has 3 aliphatic rings. The second-order valence-electron chi connectivity index (χ2n) is 11.3. The van der Waals surface area contributed by atoms with E-state index in [-0.39, 0.29) is 5.41 Å². The molecule has 0 radical (unpaired) electrons. The zero-order valence-electron chi connectivity index (χ0n) is 19.5. The Morgan fingerprint density at radius 2 is 1.57 bits per heavy atom. The Bertz CT molecular complexity index is 979. The van der Waals surface area contributed by atoms with Crippen LogP contribution in [0.1, 0.15) is 87.6 Å². The van der Waals surface area contributed by atoms with Crippen molar-refractivity contribution >= 4 is 5.57 Å². The highest BCUT2D eigenvalue weighted by molar-refractivity contribution is 5.72. The van der Waals surface area contributed by atoms with Gasteiger partial charge >= 0.3 is 0 Å². The van der Waals surface area contributed by atoms with Gasteiger partial charge in [0, 0.05) is 18.6 Å². The van der Waals surface area contributed by atoms with Crippen molar-refractivity contribution in [1.29, 1.82) is 0 Å². The monoisotopic (exact) mass is 399 g/mol. The Labute approximate surface area is 183 Å². The maximum Gasteiger partial charge on any atom is 0.0291 e. The second kappa shape index (κ2) is 7.09. The predicted octanol–water partition coefficient (Wildman–Crippen LogP) is 7.16. The third kappa shape index (κ3) is 3.36. The summed E-state index contributed by atoms with van der Waals surface area (Å²) < 4.78 is 0. The van der Waals surface area contributed by atoms with Crippen LogP contribution in [0, 0.1) is 6.92 Å². The molecule has 0 aromatic heterocycles. The van der Waals surface area contributed by atoms with Gasteiger partial charge in [-0.25, -0.2) is 0 Å². The third-order valence-electron chi connectivity index (χ3n) is 8.29. The molecule has 5 rings (SSSR count). The highest BCUT2D eigenvalue weighted by Gasteiger charge is 2.39. The number of aryl methyl sites for hydroxylation is 1. The first-order valence-corrected chi connectivity index (χ1v) is 11.9. The van der Waals surface area contributed by atoms with Crippen molar-refractivity contribution in [2.24, 2.45) is 0 Å². The molecule has 0 saturated carbocycles. The molecule has 2 unspecified atom stereocenters. The van der Waals surface area contributed by atoms with Gasteiger partial charge in [-0.15, -0.1) is 0 Å². The van der Waals surface area contributed by atoms with Gasteiger partial charge in [-0.05, 0) is 83.2 Å². The van der Waals surface area contributed by atoms with E-state index in [0.717, 1.165) is 6.54 Å². The zero-order chi connectivity index (χ0) is 21.1. The minimum atomic E-state index is 0.279. The number of benzene rings is 2. The topological polar surface area (TPSA) is 3.24 Å². The lowest BCUT2D eigenvalue weighted by molar-refractivity contribution is 0.203. The summed E-state index contributed by atoms with van der Waals surface area (Å²) >= 11 is 0. The molecule has 1 aliphatic carbocycles. The molecule has 2 aromatic carbocycles. The van der Waals surface area contributed by atoms with Crippen molar-refractivity contribution < 1.29 is 0 Å². The molecule has 1 heteroatoms. The molecule has 1 nitrogen and oxygen atoms in total. The summed E-state index contributed by atoms with van der Waals surface area (Å²) in [4.78, 5) is 2.75. The second-order valence-corrected chi connectivity index (χ2v) is 11.3. The average Bonchev–Trinajstić information content (AvgIpc) is 2.94. The van der Waals surface area contributed by atoms with E-state index in [1.807, 2.05) is 0 Å². The SMILES string of the molecule is Cc1cc2c(cc1C1=CC3CCC(C1)N3Cc1ccccc1)C(C)(C)CCC2(C)C. The van der Waals surface area contributed by atoms with Gasteiger partial charge in [-0.3, -0.25) is 4.90 Å². The van der Waals surface area contributed by atoms with Crippen LogP contribution in [0.25, 0.3) is 5.57 Å². The predicted molar refractivity (Wildman–Crippen MR) is 128 cm³/mol. The van der Waals surface area contributed by atoms with Crippen molar-refractivity contribution in [3.63, 3.8) is 0 Å². The Morgan fingerprint density at radius 3 is 2.23 bits per heavy atom. The van der Waals surface area contributed by atoms with Crippen molar-refractivity contribution in [2.75, 3.05) is 0 Å². The standard InChI is InChI=1S/C29H37N/c1-20-15-26-27(29(4,5)14-13-28(26,2)3)18-25(20)22-16-23-11-12-24(17-22)30(23)19-21-9-7-6-8-10-21/h6-10,15-16,18,23-24H,11-14,17,19H2,1-5H3. The third-order valence-corrected chi connectivity index (χ3v) is 8.29. The molecule has 1 saturated heterocycles. The van der Waals surface area contributed by atoms with Gasteiger partial charge < -0.3 is 0 Å². The Balaban J connectivity index is 1.49. The van der Waals surface area contributed by atoms with Crippen LogP contribution in [0.2, 0.25) is 0 Å². The van der Waals surface area contributed by atoms with Gasteiger partial charge in [0.1, 0.15) is 0 Å². The minimum Gasteiger partial charge on any atom is -0.289 e. The average molecular weight is 400 g/mol. The lowest BCUT2D eigenvalue weighted by atomic mass is 9.62. The van der Waals surface area contributed by atoms with Crippen LogP contribution in [0.15, 0.2) is 48.5 Å².